The molecule has 0 unspecified atom stereocenters. The molecule has 0 heterocycles. The molecular formula is C14H21N. The average molecular weight is 203 g/mol. The SMILES string of the molecule is CC(C)NCC1(c2ccccc2)CCC1. The van der Waals surface area contributed by atoms with E-state index in [9.17, 15) is 0 Å². The first-order chi connectivity index (χ1) is 7.23. The maximum Gasteiger partial charge on any atom is 0.00778 e. The van der Waals surface area contributed by atoms with Gasteiger partial charge in [0.2, 0.25) is 0 Å². The monoisotopic (exact) mass is 203 g/mol. The lowest BCUT2D eigenvalue weighted by molar-refractivity contribution is 0.228. The van der Waals surface area contributed by atoms with Gasteiger partial charge >= 0.3 is 0 Å². The molecule has 1 aliphatic carbocycles. The van der Waals surface area contributed by atoms with Gasteiger partial charge in [0.15, 0.2) is 0 Å². The molecule has 1 aromatic rings. The Balaban J connectivity index is 2.08. The molecule has 1 saturated carbocycles. The predicted octanol–water partition coefficient (Wildman–Crippen LogP) is 3.11. The molecule has 0 aromatic heterocycles. The molecule has 1 N–H and O–H groups in total. The summed E-state index contributed by atoms with van der Waals surface area (Å²) < 4.78 is 0. The van der Waals surface area contributed by atoms with Crippen molar-refractivity contribution in [3.8, 4) is 0 Å². The molecule has 1 aromatic carbocycles. The Morgan fingerprint density at radius 2 is 1.87 bits per heavy atom. The second kappa shape index (κ2) is 4.36. The van der Waals surface area contributed by atoms with Crippen LogP contribution in [0.25, 0.3) is 0 Å². The van der Waals surface area contributed by atoms with Crippen LogP contribution < -0.4 is 5.32 Å². The van der Waals surface area contributed by atoms with E-state index < -0.39 is 0 Å². The Kier molecular flexibility index (Phi) is 3.11. The maximum absolute atomic E-state index is 3.59. The Morgan fingerprint density at radius 3 is 2.33 bits per heavy atom. The van der Waals surface area contributed by atoms with E-state index >= 15 is 0 Å². The zero-order valence-corrected chi connectivity index (χ0v) is 9.79. The number of benzene rings is 1. The summed E-state index contributed by atoms with van der Waals surface area (Å²) in [6.07, 6.45) is 4.07. The minimum Gasteiger partial charge on any atom is -0.314 e. The minimum absolute atomic E-state index is 0.436. The second-order valence-corrected chi connectivity index (χ2v) is 5.04. The van der Waals surface area contributed by atoms with Gasteiger partial charge in [-0.1, -0.05) is 50.6 Å². The standard InChI is InChI=1S/C14H21N/c1-12(2)15-11-14(9-6-10-14)13-7-4-3-5-8-13/h3-5,7-8,12,15H,6,9-11H2,1-2H3. The molecule has 1 fully saturated rings. The van der Waals surface area contributed by atoms with Gasteiger partial charge in [-0.15, -0.1) is 0 Å². The molecule has 15 heavy (non-hydrogen) atoms. The van der Waals surface area contributed by atoms with Crippen LogP contribution in [0.1, 0.15) is 38.7 Å². The van der Waals surface area contributed by atoms with Crippen molar-refractivity contribution in [3.63, 3.8) is 0 Å². The van der Waals surface area contributed by atoms with Crippen molar-refractivity contribution in [1.29, 1.82) is 0 Å². The summed E-state index contributed by atoms with van der Waals surface area (Å²) in [5, 5.41) is 3.59. The lowest BCUT2D eigenvalue weighted by atomic mass is 9.64. The van der Waals surface area contributed by atoms with E-state index in [4.69, 9.17) is 0 Å². The highest BCUT2D eigenvalue weighted by Crippen LogP contribution is 2.43. The van der Waals surface area contributed by atoms with Gasteiger partial charge in [0, 0.05) is 18.0 Å². The molecule has 1 aliphatic rings. The van der Waals surface area contributed by atoms with Crippen LogP contribution in [0.15, 0.2) is 30.3 Å². The van der Waals surface area contributed by atoms with Gasteiger partial charge < -0.3 is 5.32 Å². The van der Waals surface area contributed by atoms with Crippen molar-refractivity contribution in [1.82, 2.24) is 5.32 Å². The highest BCUT2D eigenvalue weighted by molar-refractivity contribution is 5.28. The van der Waals surface area contributed by atoms with E-state index in [1.165, 1.54) is 24.8 Å². The van der Waals surface area contributed by atoms with Crippen LogP contribution in [0.2, 0.25) is 0 Å². The molecular weight excluding hydrogens is 182 g/mol. The van der Waals surface area contributed by atoms with Crippen molar-refractivity contribution in [2.24, 2.45) is 0 Å². The highest BCUT2D eigenvalue weighted by Gasteiger charge is 2.38. The quantitative estimate of drug-likeness (QED) is 0.793. The van der Waals surface area contributed by atoms with Crippen molar-refractivity contribution in [2.45, 2.75) is 44.6 Å². The zero-order valence-electron chi connectivity index (χ0n) is 9.79. The number of hydrogen-bond acceptors (Lipinski definition) is 1. The lowest BCUT2D eigenvalue weighted by Gasteiger charge is -2.43. The van der Waals surface area contributed by atoms with Crippen molar-refractivity contribution < 1.29 is 0 Å². The molecule has 0 bridgehead atoms. The van der Waals surface area contributed by atoms with E-state index in [0.717, 1.165) is 6.54 Å². The fourth-order valence-electron chi connectivity index (χ4n) is 2.36. The fraction of sp³-hybridized carbons (Fsp3) is 0.571. The molecule has 0 spiro atoms. The van der Waals surface area contributed by atoms with Crippen LogP contribution >= 0.6 is 0 Å². The van der Waals surface area contributed by atoms with E-state index in [-0.39, 0.29) is 0 Å². The van der Waals surface area contributed by atoms with Gasteiger partial charge in [-0.3, -0.25) is 0 Å². The first-order valence-corrected chi connectivity index (χ1v) is 6.02. The van der Waals surface area contributed by atoms with E-state index in [0.29, 0.717) is 11.5 Å². The molecule has 0 radical (unpaired) electrons. The van der Waals surface area contributed by atoms with Gasteiger partial charge in [-0.05, 0) is 18.4 Å². The topological polar surface area (TPSA) is 12.0 Å². The lowest BCUT2D eigenvalue weighted by Crippen LogP contribution is -2.45. The average Bonchev–Trinajstić information content (AvgIpc) is 2.17. The summed E-state index contributed by atoms with van der Waals surface area (Å²) in [6.45, 7) is 5.57. The largest absolute Gasteiger partial charge is 0.314 e. The summed E-state index contributed by atoms with van der Waals surface area (Å²) in [6, 6.07) is 11.6. The van der Waals surface area contributed by atoms with Crippen LogP contribution in [0.3, 0.4) is 0 Å². The second-order valence-electron chi connectivity index (χ2n) is 5.04. The predicted molar refractivity (Wildman–Crippen MR) is 65.1 cm³/mol. The summed E-state index contributed by atoms with van der Waals surface area (Å²) in [7, 11) is 0. The summed E-state index contributed by atoms with van der Waals surface area (Å²) >= 11 is 0. The summed E-state index contributed by atoms with van der Waals surface area (Å²) in [4.78, 5) is 0. The van der Waals surface area contributed by atoms with Gasteiger partial charge in [0.1, 0.15) is 0 Å². The molecule has 1 nitrogen and oxygen atoms in total. The number of rotatable bonds is 4. The van der Waals surface area contributed by atoms with Gasteiger partial charge in [0.25, 0.3) is 0 Å². The number of hydrogen-bond donors (Lipinski definition) is 1. The van der Waals surface area contributed by atoms with E-state index in [1.807, 2.05) is 0 Å². The van der Waals surface area contributed by atoms with E-state index in [2.05, 4.69) is 49.5 Å². The minimum atomic E-state index is 0.436. The van der Waals surface area contributed by atoms with Gasteiger partial charge in [-0.25, -0.2) is 0 Å². The Hall–Kier alpha value is -0.820. The normalized spacial score (nSPS) is 18.9. The Bertz CT molecular complexity index is 298. The third-order valence-electron chi connectivity index (χ3n) is 3.55. The van der Waals surface area contributed by atoms with Crippen LogP contribution in [0.4, 0.5) is 0 Å². The zero-order chi connectivity index (χ0) is 10.7. The van der Waals surface area contributed by atoms with Crippen molar-refractivity contribution in [2.75, 3.05) is 6.54 Å². The molecule has 0 saturated heterocycles. The molecule has 0 amide bonds. The molecule has 1 heteroatoms. The molecule has 2 rings (SSSR count). The molecule has 0 atom stereocenters. The first-order valence-electron chi connectivity index (χ1n) is 6.02. The van der Waals surface area contributed by atoms with Gasteiger partial charge in [-0.2, -0.15) is 0 Å². The van der Waals surface area contributed by atoms with Crippen LogP contribution in [0, 0.1) is 0 Å². The summed E-state index contributed by atoms with van der Waals surface area (Å²) in [5.74, 6) is 0. The van der Waals surface area contributed by atoms with E-state index in [1.54, 1.807) is 0 Å². The Labute approximate surface area is 92.9 Å². The van der Waals surface area contributed by atoms with Crippen LogP contribution in [-0.2, 0) is 5.41 Å². The van der Waals surface area contributed by atoms with Crippen LogP contribution in [0.5, 0.6) is 0 Å². The highest BCUT2D eigenvalue weighted by atomic mass is 14.9. The smallest absolute Gasteiger partial charge is 0.00778 e. The number of nitrogens with one attached hydrogen (secondary N) is 1. The maximum atomic E-state index is 3.59. The molecule has 82 valence electrons. The van der Waals surface area contributed by atoms with Crippen molar-refractivity contribution >= 4 is 0 Å². The molecule has 0 aliphatic heterocycles. The third-order valence-corrected chi connectivity index (χ3v) is 3.55. The first kappa shape index (κ1) is 10.7. The fourth-order valence-corrected chi connectivity index (χ4v) is 2.36. The Morgan fingerprint density at radius 1 is 1.20 bits per heavy atom. The summed E-state index contributed by atoms with van der Waals surface area (Å²) in [5.41, 5.74) is 1.95. The van der Waals surface area contributed by atoms with Crippen molar-refractivity contribution in [3.05, 3.63) is 35.9 Å². The third kappa shape index (κ3) is 2.23. The van der Waals surface area contributed by atoms with Crippen LogP contribution in [-0.4, -0.2) is 12.6 Å². The van der Waals surface area contributed by atoms with Gasteiger partial charge in [0.05, 0.1) is 0 Å².